The average molecular weight is 231 g/mol. The molecule has 0 saturated carbocycles. The summed E-state index contributed by atoms with van der Waals surface area (Å²) in [7, 11) is 0. The molecule has 0 amide bonds. The van der Waals surface area contributed by atoms with Gasteiger partial charge in [0.15, 0.2) is 0 Å². The van der Waals surface area contributed by atoms with Gasteiger partial charge in [0.25, 0.3) is 5.24 Å². The molecule has 0 unspecified atom stereocenters. The van der Waals surface area contributed by atoms with Crippen molar-refractivity contribution in [2.45, 2.75) is 12.8 Å². The predicted octanol–water partition coefficient (Wildman–Crippen LogP) is 2.76. The number of carbonyl (C=O) groups excluding carboxylic acids is 2. The molecule has 1 aromatic carbocycles. The molecule has 0 radical (unpaired) electrons. The summed E-state index contributed by atoms with van der Waals surface area (Å²) < 4.78 is 0. The minimum atomic E-state index is -0.511. The average Bonchev–Trinajstić information content (AvgIpc) is 2.15. The zero-order valence-electron chi connectivity index (χ0n) is 7.30. The standard InChI is InChI=1S/C10H8Cl2O2/c11-9(13)6-5-7-3-1-2-4-8(7)10(12)14/h1-4H,5-6H2. The van der Waals surface area contributed by atoms with E-state index in [1.165, 1.54) is 0 Å². The molecule has 2 nitrogen and oxygen atoms in total. The Hall–Kier alpha value is -0.860. The molecule has 0 atom stereocenters. The number of hydrogen-bond acceptors (Lipinski definition) is 2. The molecule has 0 heterocycles. The molecule has 0 aliphatic carbocycles. The van der Waals surface area contributed by atoms with Gasteiger partial charge in [0.2, 0.25) is 5.24 Å². The smallest absolute Gasteiger partial charge is 0.252 e. The van der Waals surface area contributed by atoms with Gasteiger partial charge >= 0.3 is 0 Å². The molecular formula is C10H8Cl2O2. The zero-order chi connectivity index (χ0) is 10.6. The van der Waals surface area contributed by atoms with Crippen LogP contribution in [-0.4, -0.2) is 10.5 Å². The van der Waals surface area contributed by atoms with Gasteiger partial charge in [-0.1, -0.05) is 18.2 Å². The number of carbonyl (C=O) groups is 2. The maximum atomic E-state index is 11.0. The van der Waals surface area contributed by atoms with Crippen LogP contribution in [0.25, 0.3) is 0 Å². The summed E-state index contributed by atoms with van der Waals surface area (Å²) >= 11 is 10.6. The highest BCUT2D eigenvalue weighted by atomic mass is 35.5. The van der Waals surface area contributed by atoms with Crippen molar-refractivity contribution >= 4 is 33.7 Å². The topological polar surface area (TPSA) is 34.1 Å². The SMILES string of the molecule is O=C(Cl)CCc1ccccc1C(=O)Cl. The second kappa shape index (κ2) is 5.13. The maximum Gasteiger partial charge on any atom is 0.252 e. The van der Waals surface area contributed by atoms with E-state index in [0.29, 0.717) is 12.0 Å². The highest BCUT2D eigenvalue weighted by Crippen LogP contribution is 2.14. The summed E-state index contributed by atoms with van der Waals surface area (Å²) in [4.78, 5) is 21.5. The van der Waals surface area contributed by atoms with Crippen LogP contribution in [0.2, 0.25) is 0 Å². The van der Waals surface area contributed by atoms with Gasteiger partial charge in [-0.25, -0.2) is 0 Å². The van der Waals surface area contributed by atoms with E-state index in [1.807, 2.05) is 0 Å². The van der Waals surface area contributed by atoms with E-state index in [1.54, 1.807) is 24.3 Å². The van der Waals surface area contributed by atoms with Crippen LogP contribution < -0.4 is 0 Å². The fourth-order valence-corrected chi connectivity index (χ4v) is 1.44. The summed E-state index contributed by atoms with van der Waals surface area (Å²) in [6.45, 7) is 0. The molecule has 0 aliphatic heterocycles. The van der Waals surface area contributed by atoms with Gasteiger partial charge in [-0.3, -0.25) is 9.59 Å². The Bertz CT molecular complexity index is 361. The van der Waals surface area contributed by atoms with Crippen LogP contribution in [0.5, 0.6) is 0 Å². The van der Waals surface area contributed by atoms with Crippen molar-refractivity contribution < 1.29 is 9.59 Å². The summed E-state index contributed by atoms with van der Waals surface area (Å²) in [6, 6.07) is 6.90. The lowest BCUT2D eigenvalue weighted by Gasteiger charge is -2.03. The summed E-state index contributed by atoms with van der Waals surface area (Å²) in [5, 5.41) is -0.926. The zero-order valence-corrected chi connectivity index (χ0v) is 8.81. The van der Waals surface area contributed by atoms with Crippen LogP contribution >= 0.6 is 23.2 Å². The molecule has 0 aliphatic rings. The summed E-state index contributed by atoms with van der Waals surface area (Å²) in [5.74, 6) is 0. The lowest BCUT2D eigenvalue weighted by Crippen LogP contribution is -1.99. The Labute approximate surface area is 91.8 Å². The number of hydrogen-bond donors (Lipinski definition) is 0. The van der Waals surface area contributed by atoms with Gasteiger partial charge in [0.05, 0.1) is 0 Å². The second-order valence-corrected chi connectivity index (χ2v) is 3.55. The van der Waals surface area contributed by atoms with Crippen LogP contribution in [0.1, 0.15) is 22.3 Å². The molecule has 1 rings (SSSR count). The molecular weight excluding hydrogens is 223 g/mol. The van der Waals surface area contributed by atoms with Crippen LogP contribution in [0.3, 0.4) is 0 Å². The molecule has 0 bridgehead atoms. The first-order valence-electron chi connectivity index (χ1n) is 4.07. The first-order valence-corrected chi connectivity index (χ1v) is 4.83. The predicted molar refractivity (Wildman–Crippen MR) is 55.8 cm³/mol. The third kappa shape index (κ3) is 3.13. The second-order valence-electron chi connectivity index (χ2n) is 2.79. The highest BCUT2D eigenvalue weighted by Gasteiger charge is 2.08. The maximum absolute atomic E-state index is 11.0. The van der Waals surface area contributed by atoms with Gasteiger partial charge in [-0.2, -0.15) is 0 Å². The van der Waals surface area contributed by atoms with E-state index in [9.17, 15) is 9.59 Å². The van der Waals surface area contributed by atoms with E-state index in [4.69, 9.17) is 23.2 Å². The van der Waals surface area contributed by atoms with E-state index in [-0.39, 0.29) is 6.42 Å². The number of halogens is 2. The third-order valence-corrected chi connectivity index (χ3v) is 2.21. The molecule has 0 spiro atoms. The largest absolute Gasteiger partial charge is 0.281 e. The minimum Gasteiger partial charge on any atom is -0.281 e. The molecule has 0 fully saturated rings. The normalized spacial score (nSPS) is 9.86. The molecule has 74 valence electrons. The van der Waals surface area contributed by atoms with Crippen molar-refractivity contribution in [3.8, 4) is 0 Å². The highest BCUT2D eigenvalue weighted by molar-refractivity contribution is 6.68. The van der Waals surface area contributed by atoms with E-state index in [0.717, 1.165) is 5.56 Å². The first kappa shape index (κ1) is 11.2. The van der Waals surface area contributed by atoms with Gasteiger partial charge < -0.3 is 0 Å². The Morgan fingerprint density at radius 1 is 1.14 bits per heavy atom. The first-order chi connectivity index (χ1) is 6.61. The molecule has 0 aromatic heterocycles. The van der Waals surface area contributed by atoms with E-state index < -0.39 is 10.5 Å². The Morgan fingerprint density at radius 3 is 2.36 bits per heavy atom. The molecule has 14 heavy (non-hydrogen) atoms. The van der Waals surface area contributed by atoms with Crippen molar-refractivity contribution in [1.29, 1.82) is 0 Å². The summed E-state index contributed by atoms with van der Waals surface area (Å²) in [5.41, 5.74) is 1.19. The lowest BCUT2D eigenvalue weighted by atomic mass is 10.0. The van der Waals surface area contributed by atoms with Crippen LogP contribution in [0.4, 0.5) is 0 Å². The molecule has 4 heteroatoms. The molecule has 0 N–H and O–H groups in total. The Balaban J connectivity index is 2.84. The van der Waals surface area contributed by atoms with Gasteiger partial charge in [0.1, 0.15) is 0 Å². The van der Waals surface area contributed by atoms with E-state index >= 15 is 0 Å². The fraction of sp³-hybridized carbons (Fsp3) is 0.200. The van der Waals surface area contributed by atoms with Crippen LogP contribution in [0, 0.1) is 0 Å². The Kier molecular flexibility index (Phi) is 4.11. The van der Waals surface area contributed by atoms with Crippen LogP contribution in [-0.2, 0) is 11.2 Å². The number of rotatable bonds is 4. The minimum absolute atomic E-state index is 0.211. The van der Waals surface area contributed by atoms with Gasteiger partial charge in [-0.15, -0.1) is 0 Å². The molecule has 0 saturated heterocycles. The Morgan fingerprint density at radius 2 is 1.79 bits per heavy atom. The van der Waals surface area contributed by atoms with Gasteiger partial charge in [-0.05, 0) is 41.3 Å². The lowest BCUT2D eigenvalue weighted by molar-refractivity contribution is -0.111. The van der Waals surface area contributed by atoms with E-state index in [2.05, 4.69) is 0 Å². The van der Waals surface area contributed by atoms with Crippen molar-refractivity contribution in [1.82, 2.24) is 0 Å². The third-order valence-electron chi connectivity index (χ3n) is 1.82. The van der Waals surface area contributed by atoms with Crippen molar-refractivity contribution in [2.24, 2.45) is 0 Å². The monoisotopic (exact) mass is 230 g/mol. The molecule has 1 aromatic rings. The van der Waals surface area contributed by atoms with Gasteiger partial charge in [0, 0.05) is 12.0 Å². The number of benzene rings is 1. The quantitative estimate of drug-likeness (QED) is 0.746. The van der Waals surface area contributed by atoms with Crippen molar-refractivity contribution in [3.63, 3.8) is 0 Å². The fourth-order valence-electron chi connectivity index (χ4n) is 1.16. The summed E-state index contributed by atoms with van der Waals surface area (Å²) in [6.07, 6.45) is 0.652. The van der Waals surface area contributed by atoms with Crippen molar-refractivity contribution in [3.05, 3.63) is 35.4 Å². The van der Waals surface area contributed by atoms with Crippen LogP contribution in [0.15, 0.2) is 24.3 Å². The number of aryl methyl sites for hydroxylation is 1. The van der Waals surface area contributed by atoms with Crippen molar-refractivity contribution in [2.75, 3.05) is 0 Å².